The maximum Gasteiger partial charge on any atom is 0.143 e. The van der Waals surface area contributed by atoms with Gasteiger partial charge in [0.05, 0.1) is 5.41 Å². The summed E-state index contributed by atoms with van der Waals surface area (Å²) in [5, 5.41) is 2.30. The second-order valence-electron chi connectivity index (χ2n) is 17.5. The Kier molecular flexibility index (Phi) is 6.84. The Morgan fingerprint density at radius 2 is 0.900 bits per heavy atom. The van der Waals surface area contributed by atoms with Gasteiger partial charge in [-0.3, -0.25) is 0 Å². The molecular weight excluding hydrogens is 725 g/mol. The summed E-state index contributed by atoms with van der Waals surface area (Å²) < 4.78 is 6.52. The third-order valence-corrected chi connectivity index (χ3v) is 14.3. The van der Waals surface area contributed by atoms with Crippen LogP contribution in [0.5, 0.6) is 0 Å². The van der Waals surface area contributed by atoms with Crippen LogP contribution in [0.25, 0.3) is 66.4 Å². The highest BCUT2D eigenvalue weighted by Gasteiger charge is 2.51. The zero-order valence-corrected chi connectivity index (χ0v) is 33.5. The first-order valence-electron chi connectivity index (χ1n) is 21.2. The third kappa shape index (κ3) is 4.31. The van der Waals surface area contributed by atoms with E-state index in [1.807, 2.05) is 6.07 Å². The number of furan rings is 1. The van der Waals surface area contributed by atoms with Crippen molar-refractivity contribution in [3.63, 3.8) is 0 Å². The molecule has 0 N–H and O–H groups in total. The van der Waals surface area contributed by atoms with Crippen LogP contribution < -0.4 is 0 Å². The second-order valence-corrected chi connectivity index (χ2v) is 17.5. The molecule has 0 saturated heterocycles. The molecule has 1 heterocycles. The van der Waals surface area contributed by atoms with Gasteiger partial charge in [0.2, 0.25) is 0 Å². The molecule has 0 bridgehead atoms. The average Bonchev–Trinajstić information content (AvgIpc) is 3.99. The summed E-state index contributed by atoms with van der Waals surface area (Å²) in [5.41, 5.74) is 23.7. The lowest BCUT2D eigenvalue weighted by molar-refractivity contribution is 0.659. The highest BCUT2D eigenvalue weighted by atomic mass is 16.3. The minimum Gasteiger partial charge on any atom is -0.455 e. The third-order valence-electron chi connectivity index (χ3n) is 14.3. The molecule has 0 aliphatic heterocycles. The monoisotopic (exact) mass is 764 g/mol. The number of benzene rings is 9. The van der Waals surface area contributed by atoms with Gasteiger partial charge >= 0.3 is 0 Å². The molecule has 3 aliphatic carbocycles. The molecule has 9 aromatic carbocycles. The van der Waals surface area contributed by atoms with E-state index in [2.05, 4.69) is 208 Å². The number of para-hydroxylation sites is 2. The lowest BCUT2D eigenvalue weighted by atomic mass is 9.69. The molecule has 1 heteroatoms. The quantitative estimate of drug-likeness (QED) is 0.163. The van der Waals surface area contributed by atoms with Crippen LogP contribution in [0, 0.1) is 0 Å². The minimum atomic E-state index is -0.415. The summed E-state index contributed by atoms with van der Waals surface area (Å²) in [5.74, 6) is -0.0316. The van der Waals surface area contributed by atoms with Crippen molar-refractivity contribution < 1.29 is 4.42 Å². The summed E-state index contributed by atoms with van der Waals surface area (Å²) in [6, 6.07) is 75.0. The Morgan fingerprint density at radius 3 is 1.60 bits per heavy atom. The maximum atomic E-state index is 6.52. The van der Waals surface area contributed by atoms with Crippen molar-refractivity contribution in [1.29, 1.82) is 0 Å². The number of hydrogen-bond acceptors (Lipinski definition) is 1. The number of fused-ring (bicyclic) bond motifs is 16. The lowest BCUT2D eigenvalue weighted by Gasteiger charge is -2.31. The molecular formula is C59H40O. The number of rotatable bonds is 4. The molecule has 3 aliphatic rings. The Morgan fingerprint density at radius 1 is 0.383 bits per heavy atom. The Hall–Kier alpha value is -7.22. The second kappa shape index (κ2) is 12.2. The largest absolute Gasteiger partial charge is 0.455 e. The van der Waals surface area contributed by atoms with E-state index in [1.165, 1.54) is 83.5 Å². The van der Waals surface area contributed by atoms with E-state index in [0.717, 1.165) is 33.1 Å². The standard InChI is InChI=1S/C59H40O/c1-58(2)48-23-8-6-19-46(48)56-47(22-14-27-52(56)58)55(37-31-29-36(30-32-37)39-20-13-21-45-44-18-7-12-28-54(44)60-57(39)45)38-33-34-43-42-17-5-11-26-51(42)59(53(43)35-38)49-24-9-3-15-40(49)41-16-4-10-25-50(41)59/h3-35,55H,1-2H3. The van der Waals surface area contributed by atoms with Gasteiger partial charge in [0, 0.05) is 27.7 Å². The minimum absolute atomic E-state index is 0.0316. The molecule has 0 saturated carbocycles. The smallest absolute Gasteiger partial charge is 0.143 e. The van der Waals surface area contributed by atoms with Crippen LogP contribution >= 0.6 is 0 Å². The molecule has 10 aromatic rings. The topological polar surface area (TPSA) is 13.1 Å². The van der Waals surface area contributed by atoms with E-state index < -0.39 is 5.41 Å². The van der Waals surface area contributed by atoms with Crippen molar-refractivity contribution in [2.45, 2.75) is 30.6 Å². The van der Waals surface area contributed by atoms with Gasteiger partial charge in [0.1, 0.15) is 11.2 Å². The zero-order chi connectivity index (χ0) is 39.7. The van der Waals surface area contributed by atoms with Crippen molar-refractivity contribution in [2.75, 3.05) is 0 Å². The summed E-state index contributed by atoms with van der Waals surface area (Å²) in [7, 11) is 0. The molecule has 0 fully saturated rings. The molecule has 60 heavy (non-hydrogen) atoms. The fourth-order valence-corrected chi connectivity index (χ4v) is 11.7. The van der Waals surface area contributed by atoms with Gasteiger partial charge in [-0.15, -0.1) is 0 Å². The first kappa shape index (κ1) is 33.7. The van der Waals surface area contributed by atoms with Gasteiger partial charge in [-0.1, -0.05) is 208 Å². The summed E-state index contributed by atoms with van der Waals surface area (Å²) in [6.07, 6.45) is 0. The van der Waals surface area contributed by atoms with E-state index in [4.69, 9.17) is 4.42 Å². The zero-order valence-electron chi connectivity index (χ0n) is 33.5. The van der Waals surface area contributed by atoms with Crippen molar-refractivity contribution in [3.8, 4) is 44.5 Å². The Balaban J connectivity index is 1.06. The van der Waals surface area contributed by atoms with Crippen molar-refractivity contribution in [2.24, 2.45) is 0 Å². The van der Waals surface area contributed by atoms with Gasteiger partial charge < -0.3 is 4.42 Å². The Labute approximate surface area is 350 Å². The van der Waals surface area contributed by atoms with Crippen LogP contribution in [-0.4, -0.2) is 0 Å². The van der Waals surface area contributed by atoms with E-state index in [9.17, 15) is 0 Å². The first-order valence-corrected chi connectivity index (χ1v) is 21.2. The van der Waals surface area contributed by atoms with Gasteiger partial charge in [0.15, 0.2) is 0 Å². The first-order chi connectivity index (χ1) is 29.5. The fourth-order valence-electron chi connectivity index (χ4n) is 11.7. The van der Waals surface area contributed by atoms with Crippen LogP contribution in [0.1, 0.15) is 69.8 Å². The van der Waals surface area contributed by atoms with E-state index in [0.29, 0.717) is 0 Å². The average molecular weight is 765 g/mol. The fraction of sp³-hybridized carbons (Fsp3) is 0.0847. The highest BCUT2D eigenvalue weighted by Crippen LogP contribution is 2.63. The van der Waals surface area contributed by atoms with Crippen LogP contribution in [0.15, 0.2) is 205 Å². The van der Waals surface area contributed by atoms with E-state index in [-0.39, 0.29) is 11.3 Å². The van der Waals surface area contributed by atoms with E-state index >= 15 is 0 Å². The van der Waals surface area contributed by atoms with Gasteiger partial charge in [0.25, 0.3) is 0 Å². The molecule has 1 spiro atoms. The normalized spacial score (nSPS) is 15.0. The number of hydrogen-bond donors (Lipinski definition) is 0. The molecule has 13 rings (SSSR count). The van der Waals surface area contributed by atoms with Crippen LogP contribution in [0.2, 0.25) is 0 Å². The highest BCUT2D eigenvalue weighted by molar-refractivity contribution is 6.09. The summed E-state index contributed by atoms with van der Waals surface area (Å²) in [4.78, 5) is 0. The van der Waals surface area contributed by atoms with E-state index in [1.54, 1.807) is 0 Å². The molecule has 1 unspecified atom stereocenters. The molecule has 1 nitrogen and oxygen atoms in total. The van der Waals surface area contributed by atoms with Crippen LogP contribution in [0.3, 0.4) is 0 Å². The molecule has 0 amide bonds. The van der Waals surface area contributed by atoms with Gasteiger partial charge in [-0.2, -0.15) is 0 Å². The summed E-state index contributed by atoms with van der Waals surface area (Å²) >= 11 is 0. The summed E-state index contributed by atoms with van der Waals surface area (Å²) in [6.45, 7) is 4.77. The van der Waals surface area contributed by atoms with Gasteiger partial charge in [-0.25, -0.2) is 0 Å². The predicted octanol–water partition coefficient (Wildman–Crippen LogP) is 15.1. The van der Waals surface area contributed by atoms with Crippen molar-refractivity contribution in [1.82, 2.24) is 0 Å². The molecule has 0 radical (unpaired) electrons. The SMILES string of the molecule is CC1(C)c2ccccc2-c2c(C(c3ccc(-c4cccc5c4oc4ccccc45)cc3)c3ccc4c(c3)C3(c5ccccc5-c5ccccc53)c3ccccc3-4)cccc21. The molecule has 282 valence electrons. The molecule has 1 atom stereocenters. The van der Waals surface area contributed by atoms with Crippen molar-refractivity contribution in [3.05, 3.63) is 250 Å². The van der Waals surface area contributed by atoms with Crippen LogP contribution in [0.4, 0.5) is 0 Å². The van der Waals surface area contributed by atoms with Crippen LogP contribution in [-0.2, 0) is 10.8 Å². The molecule has 1 aromatic heterocycles. The lowest BCUT2D eigenvalue weighted by Crippen LogP contribution is -2.26. The maximum absolute atomic E-state index is 6.52. The predicted molar refractivity (Wildman–Crippen MR) is 247 cm³/mol. The van der Waals surface area contributed by atoms with Crippen molar-refractivity contribution >= 4 is 21.9 Å². The Bertz CT molecular complexity index is 3350. The van der Waals surface area contributed by atoms with Gasteiger partial charge in [-0.05, 0) is 95.1 Å².